The Labute approximate surface area is 103 Å². The molecule has 0 aromatic heterocycles. The largest absolute Gasteiger partial charge is 0.380 e. The fourth-order valence-corrected chi connectivity index (χ4v) is 2.32. The minimum Gasteiger partial charge on any atom is -0.380 e. The highest BCUT2D eigenvalue weighted by atomic mass is 16.5. The van der Waals surface area contributed by atoms with Gasteiger partial charge >= 0.3 is 0 Å². The quantitative estimate of drug-likeness (QED) is 0.846. The summed E-state index contributed by atoms with van der Waals surface area (Å²) in [4.78, 5) is 0. The summed E-state index contributed by atoms with van der Waals surface area (Å²) in [6, 6.07) is 8.75. The number of hydrogen-bond acceptors (Lipinski definition) is 3. The van der Waals surface area contributed by atoms with Gasteiger partial charge in [-0.15, -0.1) is 0 Å². The molecule has 1 aliphatic heterocycles. The first-order valence-corrected chi connectivity index (χ1v) is 6.31. The van der Waals surface area contributed by atoms with E-state index >= 15 is 0 Å². The van der Waals surface area contributed by atoms with E-state index in [1.54, 1.807) is 0 Å². The van der Waals surface area contributed by atoms with Crippen LogP contribution < -0.4 is 5.32 Å². The molecule has 1 N–H and O–H groups in total. The minimum atomic E-state index is 0.108. The van der Waals surface area contributed by atoms with E-state index < -0.39 is 0 Å². The summed E-state index contributed by atoms with van der Waals surface area (Å²) >= 11 is 0. The van der Waals surface area contributed by atoms with Crippen molar-refractivity contribution in [3.05, 3.63) is 35.4 Å². The average molecular weight is 235 g/mol. The highest BCUT2D eigenvalue weighted by Gasteiger charge is 2.27. The fourth-order valence-electron chi connectivity index (χ4n) is 2.32. The van der Waals surface area contributed by atoms with E-state index in [2.05, 4.69) is 29.6 Å². The van der Waals surface area contributed by atoms with E-state index in [1.165, 1.54) is 11.1 Å². The summed E-state index contributed by atoms with van der Waals surface area (Å²) in [7, 11) is 1.96. The molecule has 2 rings (SSSR count). The Morgan fingerprint density at radius 2 is 2.29 bits per heavy atom. The standard InChI is InChI=1S/C14H21NO2/c1-3-16-10-13(15-2)14-12-7-5-4-6-11(12)8-9-17-14/h4-7,13-15H,3,8-10H2,1-2H3. The topological polar surface area (TPSA) is 30.5 Å². The van der Waals surface area contributed by atoms with Crippen molar-refractivity contribution in [1.29, 1.82) is 0 Å². The van der Waals surface area contributed by atoms with E-state index in [4.69, 9.17) is 9.47 Å². The van der Waals surface area contributed by atoms with Crippen LogP contribution in [0.4, 0.5) is 0 Å². The molecule has 0 radical (unpaired) electrons. The van der Waals surface area contributed by atoms with Crippen LogP contribution in [0.3, 0.4) is 0 Å². The molecule has 0 amide bonds. The molecular weight excluding hydrogens is 214 g/mol. The van der Waals surface area contributed by atoms with Gasteiger partial charge in [-0.1, -0.05) is 24.3 Å². The van der Waals surface area contributed by atoms with Gasteiger partial charge in [-0.3, -0.25) is 0 Å². The number of fused-ring (bicyclic) bond motifs is 1. The Hall–Kier alpha value is -0.900. The summed E-state index contributed by atoms with van der Waals surface area (Å²) in [5.74, 6) is 0. The van der Waals surface area contributed by atoms with Crippen molar-refractivity contribution in [2.75, 3.05) is 26.9 Å². The van der Waals surface area contributed by atoms with Crippen LogP contribution in [0.15, 0.2) is 24.3 Å². The van der Waals surface area contributed by atoms with Gasteiger partial charge in [0.1, 0.15) is 6.10 Å². The third kappa shape index (κ3) is 2.86. The summed E-state index contributed by atoms with van der Waals surface area (Å²) in [6.45, 7) is 4.24. The number of hydrogen-bond donors (Lipinski definition) is 1. The van der Waals surface area contributed by atoms with Crippen molar-refractivity contribution in [2.45, 2.75) is 25.5 Å². The number of likely N-dealkylation sites (N-methyl/N-ethyl adjacent to an activating group) is 1. The van der Waals surface area contributed by atoms with Gasteiger partial charge < -0.3 is 14.8 Å². The molecule has 0 bridgehead atoms. The number of rotatable bonds is 5. The zero-order valence-corrected chi connectivity index (χ0v) is 10.6. The first kappa shape index (κ1) is 12.6. The van der Waals surface area contributed by atoms with E-state index in [-0.39, 0.29) is 12.1 Å². The van der Waals surface area contributed by atoms with Crippen LogP contribution in [0.1, 0.15) is 24.2 Å². The van der Waals surface area contributed by atoms with Crippen molar-refractivity contribution in [1.82, 2.24) is 5.32 Å². The third-order valence-corrected chi connectivity index (χ3v) is 3.27. The Morgan fingerprint density at radius 1 is 1.47 bits per heavy atom. The van der Waals surface area contributed by atoms with E-state index in [9.17, 15) is 0 Å². The van der Waals surface area contributed by atoms with Gasteiger partial charge in [0.15, 0.2) is 0 Å². The lowest BCUT2D eigenvalue weighted by Gasteiger charge is -2.32. The summed E-state index contributed by atoms with van der Waals surface area (Å²) in [5, 5.41) is 3.30. The van der Waals surface area contributed by atoms with Gasteiger partial charge in [0.05, 0.1) is 19.3 Å². The van der Waals surface area contributed by atoms with Crippen molar-refractivity contribution < 1.29 is 9.47 Å². The van der Waals surface area contributed by atoms with Gasteiger partial charge in [0.2, 0.25) is 0 Å². The number of benzene rings is 1. The van der Waals surface area contributed by atoms with Crippen LogP contribution >= 0.6 is 0 Å². The van der Waals surface area contributed by atoms with E-state index in [1.807, 2.05) is 14.0 Å². The molecular formula is C14H21NO2. The summed E-state index contributed by atoms with van der Waals surface area (Å²) in [6.07, 6.45) is 1.12. The van der Waals surface area contributed by atoms with Crippen LogP contribution in [-0.4, -0.2) is 32.9 Å². The van der Waals surface area contributed by atoms with Gasteiger partial charge in [0.25, 0.3) is 0 Å². The Morgan fingerprint density at radius 3 is 3.06 bits per heavy atom. The van der Waals surface area contributed by atoms with Crippen LogP contribution in [0.25, 0.3) is 0 Å². The predicted octanol–water partition coefficient (Wildman–Crippen LogP) is 1.92. The minimum absolute atomic E-state index is 0.108. The molecule has 17 heavy (non-hydrogen) atoms. The first-order valence-electron chi connectivity index (χ1n) is 6.31. The molecule has 0 aliphatic carbocycles. The maximum Gasteiger partial charge on any atom is 0.100 e. The lowest BCUT2D eigenvalue weighted by molar-refractivity contribution is -0.00998. The average Bonchev–Trinajstić information content (AvgIpc) is 2.40. The zero-order valence-electron chi connectivity index (χ0n) is 10.6. The van der Waals surface area contributed by atoms with Crippen LogP contribution in [0.2, 0.25) is 0 Å². The second-order valence-electron chi connectivity index (χ2n) is 4.29. The maximum absolute atomic E-state index is 5.91. The van der Waals surface area contributed by atoms with Crippen molar-refractivity contribution in [3.8, 4) is 0 Å². The molecule has 0 fully saturated rings. The molecule has 3 nitrogen and oxygen atoms in total. The first-order chi connectivity index (χ1) is 8.36. The highest BCUT2D eigenvalue weighted by Crippen LogP contribution is 2.29. The number of ether oxygens (including phenoxy) is 2. The molecule has 2 unspecified atom stereocenters. The van der Waals surface area contributed by atoms with Crippen molar-refractivity contribution in [2.24, 2.45) is 0 Å². The molecule has 1 aromatic rings. The molecule has 94 valence electrons. The third-order valence-electron chi connectivity index (χ3n) is 3.27. The predicted molar refractivity (Wildman–Crippen MR) is 68.2 cm³/mol. The summed E-state index contributed by atoms with van der Waals surface area (Å²) in [5.41, 5.74) is 2.71. The normalized spacial score (nSPS) is 20.9. The van der Waals surface area contributed by atoms with E-state index in [0.717, 1.165) is 19.6 Å². The summed E-state index contributed by atoms with van der Waals surface area (Å²) < 4.78 is 11.4. The lowest BCUT2D eigenvalue weighted by Crippen LogP contribution is -2.39. The highest BCUT2D eigenvalue weighted by molar-refractivity contribution is 5.31. The monoisotopic (exact) mass is 235 g/mol. The number of nitrogens with one attached hydrogen (secondary N) is 1. The van der Waals surface area contributed by atoms with Crippen LogP contribution in [-0.2, 0) is 15.9 Å². The molecule has 0 spiro atoms. The molecule has 1 aliphatic rings. The van der Waals surface area contributed by atoms with Crippen LogP contribution in [0, 0.1) is 0 Å². The Bertz CT molecular complexity index is 354. The van der Waals surface area contributed by atoms with Gasteiger partial charge in [-0.2, -0.15) is 0 Å². The smallest absolute Gasteiger partial charge is 0.100 e. The molecule has 1 heterocycles. The van der Waals surface area contributed by atoms with Gasteiger partial charge in [-0.25, -0.2) is 0 Å². The molecule has 1 aromatic carbocycles. The van der Waals surface area contributed by atoms with Crippen LogP contribution in [0.5, 0.6) is 0 Å². The second kappa shape index (κ2) is 6.15. The van der Waals surface area contributed by atoms with Gasteiger partial charge in [0, 0.05) is 6.61 Å². The molecule has 3 heteroatoms. The molecule has 2 atom stereocenters. The molecule has 0 saturated heterocycles. The maximum atomic E-state index is 5.91. The Balaban J connectivity index is 2.15. The van der Waals surface area contributed by atoms with E-state index in [0.29, 0.717) is 6.61 Å². The molecule has 0 saturated carbocycles. The fraction of sp³-hybridized carbons (Fsp3) is 0.571. The zero-order chi connectivity index (χ0) is 12.1. The lowest BCUT2D eigenvalue weighted by atomic mass is 9.93. The van der Waals surface area contributed by atoms with Gasteiger partial charge in [-0.05, 0) is 31.5 Å². The SMILES string of the molecule is CCOCC(NC)C1OCCc2ccccc21. The Kier molecular flexibility index (Phi) is 4.54. The second-order valence-corrected chi connectivity index (χ2v) is 4.29. The van der Waals surface area contributed by atoms with Crippen molar-refractivity contribution >= 4 is 0 Å². The van der Waals surface area contributed by atoms with Crippen molar-refractivity contribution in [3.63, 3.8) is 0 Å².